The molecule has 2 nitrogen and oxygen atoms in total. The zero-order valence-corrected chi connectivity index (χ0v) is 26.3. The normalized spacial score (nSPS) is 12.1. The Morgan fingerprint density at radius 3 is 1.13 bits per heavy atom. The molecule has 0 saturated carbocycles. The lowest BCUT2D eigenvalue weighted by Crippen LogP contribution is -1.92. The van der Waals surface area contributed by atoms with Gasteiger partial charge in [0.25, 0.3) is 0 Å². The highest BCUT2D eigenvalue weighted by Crippen LogP contribution is 2.32. The van der Waals surface area contributed by atoms with Crippen molar-refractivity contribution in [1.82, 2.24) is 9.13 Å². The zero-order chi connectivity index (χ0) is 31.0. The summed E-state index contributed by atoms with van der Waals surface area (Å²) < 4.78 is 4.81. The second kappa shape index (κ2) is 11.7. The van der Waals surface area contributed by atoms with Crippen molar-refractivity contribution in [3.63, 3.8) is 0 Å². The summed E-state index contributed by atoms with van der Waals surface area (Å²) in [4.78, 5) is 0. The van der Waals surface area contributed by atoms with Gasteiger partial charge in [-0.1, -0.05) is 133 Å². The second-order valence-electron chi connectivity index (χ2n) is 12.0. The number of hydrogen-bond donors (Lipinski definition) is 0. The molecule has 0 amide bonds. The highest BCUT2D eigenvalue weighted by Gasteiger charge is 2.10. The fourth-order valence-corrected chi connectivity index (χ4v) is 6.98. The third-order valence-electron chi connectivity index (χ3n) is 9.32. The van der Waals surface area contributed by atoms with Gasteiger partial charge in [0, 0.05) is 56.7 Å². The Hall–Kier alpha value is -5.60. The molecule has 0 bridgehead atoms. The predicted octanol–water partition coefficient (Wildman–Crippen LogP) is 11.9. The number of rotatable bonds is 7. The molecule has 2 aromatic heterocycles. The lowest BCUT2D eigenvalue weighted by atomic mass is 10.0. The van der Waals surface area contributed by atoms with Crippen LogP contribution in [0.15, 0.2) is 133 Å². The van der Waals surface area contributed by atoms with Crippen molar-refractivity contribution in [2.45, 2.75) is 26.9 Å². The summed E-state index contributed by atoms with van der Waals surface area (Å²) in [5.41, 5.74) is 12.4. The first-order valence-electron chi connectivity index (χ1n) is 16.3. The van der Waals surface area contributed by atoms with Gasteiger partial charge >= 0.3 is 0 Å². The van der Waals surface area contributed by atoms with E-state index in [-0.39, 0.29) is 0 Å². The number of benzene rings is 6. The molecule has 8 rings (SSSR count). The SMILES string of the molecule is CCn1c2ccccc2c2ccc(C=Cc3ccc(-c4ccc(C=Cc5ccc6c7ccccc7n(CC)c6c5)cc4)cc3)cc21. The van der Waals surface area contributed by atoms with E-state index in [1.165, 1.54) is 77.0 Å². The molecule has 46 heavy (non-hydrogen) atoms. The van der Waals surface area contributed by atoms with Gasteiger partial charge in [-0.25, -0.2) is 0 Å². The lowest BCUT2D eigenvalue weighted by Gasteiger charge is -2.05. The quantitative estimate of drug-likeness (QED) is 0.163. The molecule has 2 heterocycles. The molecular formula is C44H36N2. The molecule has 0 aliphatic heterocycles. The van der Waals surface area contributed by atoms with Crippen LogP contribution in [-0.4, -0.2) is 9.13 Å². The average Bonchev–Trinajstić information content (AvgIpc) is 3.61. The predicted molar refractivity (Wildman–Crippen MR) is 200 cm³/mol. The minimum Gasteiger partial charge on any atom is -0.341 e. The fraction of sp³-hybridized carbons (Fsp3) is 0.0909. The van der Waals surface area contributed by atoms with Crippen LogP contribution in [0.1, 0.15) is 36.1 Å². The Kier molecular flexibility index (Phi) is 7.11. The minimum absolute atomic E-state index is 0.956. The molecule has 0 saturated heterocycles. The van der Waals surface area contributed by atoms with Crippen LogP contribution in [0.3, 0.4) is 0 Å². The number of hydrogen-bond acceptors (Lipinski definition) is 0. The molecule has 0 fully saturated rings. The number of para-hydroxylation sites is 2. The zero-order valence-electron chi connectivity index (χ0n) is 26.3. The molecule has 8 aromatic rings. The van der Waals surface area contributed by atoms with E-state index in [0.29, 0.717) is 0 Å². The summed E-state index contributed by atoms with van der Waals surface area (Å²) in [6, 6.07) is 48.6. The van der Waals surface area contributed by atoms with Gasteiger partial charge in [0.2, 0.25) is 0 Å². The van der Waals surface area contributed by atoms with Crippen LogP contribution in [0.4, 0.5) is 0 Å². The van der Waals surface area contributed by atoms with Crippen LogP contribution >= 0.6 is 0 Å². The highest BCUT2D eigenvalue weighted by atomic mass is 15.0. The molecule has 0 atom stereocenters. The van der Waals surface area contributed by atoms with Crippen LogP contribution in [-0.2, 0) is 13.1 Å². The van der Waals surface area contributed by atoms with Crippen LogP contribution in [0.5, 0.6) is 0 Å². The van der Waals surface area contributed by atoms with Gasteiger partial charge in [0.1, 0.15) is 0 Å². The summed E-state index contributed by atoms with van der Waals surface area (Å²) in [7, 11) is 0. The Morgan fingerprint density at radius 1 is 0.370 bits per heavy atom. The first-order chi connectivity index (χ1) is 22.7. The standard InChI is InChI=1S/C44H36N2/c1-3-45-41-11-7-5-9-37(41)39-27-21-33(29-43(39)45)15-13-31-17-23-35(24-18-31)36-25-19-32(20-26-36)14-16-34-22-28-40-38-10-6-8-12-42(38)46(4-2)44(40)30-34/h5-30H,3-4H2,1-2H3. The molecule has 0 N–H and O–H groups in total. The van der Waals surface area contributed by atoms with Gasteiger partial charge in [-0.15, -0.1) is 0 Å². The third kappa shape index (κ3) is 4.93. The molecule has 6 aromatic carbocycles. The summed E-state index contributed by atoms with van der Waals surface area (Å²) in [6.07, 6.45) is 8.84. The molecule has 2 heteroatoms. The Balaban J connectivity index is 0.979. The maximum atomic E-state index is 2.41. The maximum absolute atomic E-state index is 2.41. The van der Waals surface area contributed by atoms with Crippen molar-refractivity contribution in [2.24, 2.45) is 0 Å². The van der Waals surface area contributed by atoms with E-state index in [2.05, 4.69) is 181 Å². The minimum atomic E-state index is 0.956. The number of aromatic nitrogens is 2. The van der Waals surface area contributed by atoms with Crippen LogP contribution in [0.2, 0.25) is 0 Å². The summed E-state index contributed by atoms with van der Waals surface area (Å²) in [5.74, 6) is 0. The van der Waals surface area contributed by atoms with Crippen LogP contribution < -0.4 is 0 Å². The highest BCUT2D eigenvalue weighted by molar-refractivity contribution is 6.09. The van der Waals surface area contributed by atoms with Crippen molar-refractivity contribution in [3.05, 3.63) is 156 Å². The Morgan fingerprint density at radius 2 is 0.717 bits per heavy atom. The van der Waals surface area contributed by atoms with Crippen molar-refractivity contribution in [3.8, 4) is 11.1 Å². The molecule has 222 valence electrons. The average molecular weight is 593 g/mol. The Labute approximate surface area is 270 Å². The monoisotopic (exact) mass is 592 g/mol. The fourth-order valence-electron chi connectivity index (χ4n) is 6.98. The Bertz CT molecular complexity index is 2240. The van der Waals surface area contributed by atoms with Crippen LogP contribution in [0.25, 0.3) is 79.0 Å². The van der Waals surface area contributed by atoms with E-state index < -0.39 is 0 Å². The lowest BCUT2D eigenvalue weighted by molar-refractivity contribution is 0.827. The topological polar surface area (TPSA) is 9.86 Å². The molecule has 0 unspecified atom stereocenters. The van der Waals surface area contributed by atoms with Crippen molar-refractivity contribution in [2.75, 3.05) is 0 Å². The van der Waals surface area contributed by atoms with E-state index in [4.69, 9.17) is 0 Å². The molecular weight excluding hydrogens is 556 g/mol. The number of aryl methyl sites for hydroxylation is 2. The smallest absolute Gasteiger partial charge is 0.0497 e. The maximum Gasteiger partial charge on any atom is 0.0497 e. The first-order valence-corrected chi connectivity index (χ1v) is 16.3. The number of nitrogens with zero attached hydrogens (tertiary/aromatic N) is 2. The van der Waals surface area contributed by atoms with Crippen molar-refractivity contribution >= 4 is 67.9 Å². The van der Waals surface area contributed by atoms with Gasteiger partial charge in [-0.2, -0.15) is 0 Å². The molecule has 0 radical (unpaired) electrons. The van der Waals surface area contributed by atoms with Gasteiger partial charge in [0.05, 0.1) is 0 Å². The van der Waals surface area contributed by atoms with E-state index >= 15 is 0 Å². The molecule has 0 aliphatic carbocycles. The van der Waals surface area contributed by atoms with Gasteiger partial charge in [0.15, 0.2) is 0 Å². The summed E-state index contributed by atoms with van der Waals surface area (Å²) in [5, 5.41) is 5.28. The third-order valence-corrected chi connectivity index (χ3v) is 9.32. The van der Waals surface area contributed by atoms with Crippen LogP contribution in [0, 0.1) is 0 Å². The van der Waals surface area contributed by atoms with E-state index in [0.717, 1.165) is 13.1 Å². The number of fused-ring (bicyclic) bond motifs is 6. The van der Waals surface area contributed by atoms with E-state index in [1.54, 1.807) is 0 Å². The van der Waals surface area contributed by atoms with Gasteiger partial charge < -0.3 is 9.13 Å². The van der Waals surface area contributed by atoms with Gasteiger partial charge in [-0.3, -0.25) is 0 Å². The van der Waals surface area contributed by atoms with Crippen molar-refractivity contribution in [1.29, 1.82) is 0 Å². The van der Waals surface area contributed by atoms with Crippen molar-refractivity contribution < 1.29 is 0 Å². The summed E-state index contributed by atoms with van der Waals surface area (Å²) in [6.45, 7) is 6.35. The van der Waals surface area contributed by atoms with Gasteiger partial charge in [-0.05, 0) is 71.5 Å². The first kappa shape index (κ1) is 27.9. The van der Waals surface area contributed by atoms with E-state index in [1.807, 2.05) is 0 Å². The summed E-state index contributed by atoms with van der Waals surface area (Å²) >= 11 is 0. The molecule has 0 spiro atoms. The second-order valence-corrected chi connectivity index (χ2v) is 12.0. The largest absolute Gasteiger partial charge is 0.341 e. The van der Waals surface area contributed by atoms with E-state index in [9.17, 15) is 0 Å². The molecule has 0 aliphatic rings.